The zero-order valence-corrected chi connectivity index (χ0v) is 9.76. The molecule has 76 valence electrons. The van der Waals surface area contributed by atoms with E-state index in [2.05, 4.69) is 28.8 Å². The van der Waals surface area contributed by atoms with E-state index in [4.69, 9.17) is 0 Å². The molecule has 2 saturated heterocycles. The summed E-state index contributed by atoms with van der Waals surface area (Å²) in [5.74, 6) is 6.48. The zero-order valence-electron chi connectivity index (χ0n) is 8.13. The summed E-state index contributed by atoms with van der Waals surface area (Å²) in [6, 6.07) is 0.830. The third kappa shape index (κ3) is 3.37. The summed E-state index contributed by atoms with van der Waals surface area (Å²) in [6.45, 7) is 1.28. The van der Waals surface area contributed by atoms with E-state index in [1.54, 1.807) is 0 Å². The van der Waals surface area contributed by atoms with Crippen molar-refractivity contribution in [2.24, 2.45) is 5.92 Å². The lowest BCUT2D eigenvalue weighted by atomic mass is 10.1. The Morgan fingerprint density at radius 1 is 1.08 bits per heavy atom. The summed E-state index contributed by atoms with van der Waals surface area (Å²) in [5, 5.41) is 3.72. The summed E-state index contributed by atoms with van der Waals surface area (Å²) in [6.07, 6.45) is 4.29. The normalized spacial score (nSPS) is 35.1. The average Bonchev–Trinajstić information content (AvgIpc) is 2.69. The Balaban J connectivity index is 1.60. The minimum absolute atomic E-state index is 0.830. The molecule has 0 aromatic rings. The quantitative estimate of drug-likeness (QED) is 0.778. The first-order valence-electron chi connectivity index (χ1n) is 5.34. The number of thioether (sulfide) groups is 2. The summed E-state index contributed by atoms with van der Waals surface area (Å²) in [7, 11) is 0. The lowest BCUT2D eigenvalue weighted by Crippen LogP contribution is -2.34. The van der Waals surface area contributed by atoms with Crippen molar-refractivity contribution >= 4 is 23.5 Å². The monoisotopic (exact) mass is 217 g/mol. The van der Waals surface area contributed by atoms with Crippen molar-refractivity contribution in [3.8, 4) is 0 Å². The van der Waals surface area contributed by atoms with E-state index in [0.717, 1.165) is 12.0 Å². The van der Waals surface area contributed by atoms with Crippen LogP contribution in [0, 0.1) is 5.92 Å². The Morgan fingerprint density at radius 2 is 2.00 bits per heavy atom. The molecule has 1 nitrogen and oxygen atoms in total. The van der Waals surface area contributed by atoms with Crippen molar-refractivity contribution in [3.63, 3.8) is 0 Å². The van der Waals surface area contributed by atoms with E-state index in [-0.39, 0.29) is 0 Å². The SMILES string of the molecule is C1CSCC(CNC2CCSC2)C1. The molecule has 2 aliphatic rings. The number of hydrogen-bond donors (Lipinski definition) is 1. The second-order valence-electron chi connectivity index (χ2n) is 4.05. The second-order valence-corrected chi connectivity index (χ2v) is 6.35. The van der Waals surface area contributed by atoms with Crippen LogP contribution in [0.1, 0.15) is 19.3 Å². The van der Waals surface area contributed by atoms with Gasteiger partial charge in [0.05, 0.1) is 0 Å². The molecule has 2 heterocycles. The Kier molecular flexibility index (Phi) is 4.32. The lowest BCUT2D eigenvalue weighted by Gasteiger charge is -2.23. The van der Waals surface area contributed by atoms with Crippen LogP contribution in [0.4, 0.5) is 0 Å². The van der Waals surface area contributed by atoms with Gasteiger partial charge in [0.1, 0.15) is 0 Å². The van der Waals surface area contributed by atoms with E-state index < -0.39 is 0 Å². The Hall–Kier alpha value is 0.660. The molecule has 0 aromatic heterocycles. The van der Waals surface area contributed by atoms with Crippen LogP contribution in [0.2, 0.25) is 0 Å². The molecule has 2 aliphatic heterocycles. The molecule has 2 atom stereocenters. The van der Waals surface area contributed by atoms with E-state index >= 15 is 0 Å². The third-order valence-corrected chi connectivity index (χ3v) is 5.33. The molecular weight excluding hydrogens is 198 g/mol. The Labute approximate surface area is 89.8 Å². The van der Waals surface area contributed by atoms with E-state index in [1.807, 2.05) is 0 Å². The van der Waals surface area contributed by atoms with Gasteiger partial charge in [-0.05, 0) is 49.0 Å². The maximum atomic E-state index is 3.72. The maximum Gasteiger partial charge on any atom is 0.0166 e. The fraction of sp³-hybridized carbons (Fsp3) is 1.00. The molecule has 0 amide bonds. The first kappa shape index (κ1) is 10.2. The van der Waals surface area contributed by atoms with Gasteiger partial charge in [-0.1, -0.05) is 0 Å². The van der Waals surface area contributed by atoms with Gasteiger partial charge < -0.3 is 5.32 Å². The van der Waals surface area contributed by atoms with Gasteiger partial charge in [-0.3, -0.25) is 0 Å². The molecule has 0 spiro atoms. The first-order chi connectivity index (χ1) is 6.45. The molecule has 13 heavy (non-hydrogen) atoms. The fourth-order valence-electron chi connectivity index (χ4n) is 2.00. The third-order valence-electron chi connectivity index (χ3n) is 2.88. The summed E-state index contributed by atoms with van der Waals surface area (Å²) >= 11 is 4.24. The highest BCUT2D eigenvalue weighted by Gasteiger charge is 2.18. The minimum Gasteiger partial charge on any atom is -0.313 e. The van der Waals surface area contributed by atoms with Gasteiger partial charge in [-0.2, -0.15) is 23.5 Å². The zero-order chi connectivity index (χ0) is 8.93. The van der Waals surface area contributed by atoms with Crippen LogP contribution in [-0.2, 0) is 0 Å². The largest absolute Gasteiger partial charge is 0.313 e. The van der Waals surface area contributed by atoms with Crippen LogP contribution in [-0.4, -0.2) is 35.6 Å². The van der Waals surface area contributed by atoms with Gasteiger partial charge in [0.15, 0.2) is 0 Å². The standard InChI is InChI=1S/C10H19NS2/c1-2-9(7-12-4-1)6-11-10-3-5-13-8-10/h9-11H,1-8H2. The highest BCUT2D eigenvalue weighted by atomic mass is 32.2. The van der Waals surface area contributed by atoms with Crippen molar-refractivity contribution in [1.82, 2.24) is 5.32 Å². The van der Waals surface area contributed by atoms with Crippen molar-refractivity contribution in [1.29, 1.82) is 0 Å². The predicted molar refractivity (Wildman–Crippen MR) is 63.8 cm³/mol. The van der Waals surface area contributed by atoms with E-state index in [9.17, 15) is 0 Å². The maximum absolute atomic E-state index is 3.72. The van der Waals surface area contributed by atoms with Crippen molar-refractivity contribution in [2.45, 2.75) is 25.3 Å². The summed E-state index contributed by atoms with van der Waals surface area (Å²) in [5.41, 5.74) is 0. The van der Waals surface area contributed by atoms with Crippen LogP contribution < -0.4 is 5.32 Å². The van der Waals surface area contributed by atoms with Gasteiger partial charge in [0.25, 0.3) is 0 Å². The molecule has 2 fully saturated rings. The molecule has 2 unspecified atom stereocenters. The molecule has 0 bridgehead atoms. The van der Waals surface area contributed by atoms with Gasteiger partial charge in [-0.15, -0.1) is 0 Å². The highest BCUT2D eigenvalue weighted by Crippen LogP contribution is 2.23. The topological polar surface area (TPSA) is 12.0 Å². The lowest BCUT2D eigenvalue weighted by molar-refractivity contribution is 0.441. The van der Waals surface area contributed by atoms with E-state index in [1.165, 1.54) is 48.8 Å². The molecular formula is C10H19NS2. The molecule has 0 saturated carbocycles. The predicted octanol–water partition coefficient (Wildman–Crippen LogP) is 2.22. The van der Waals surface area contributed by atoms with Gasteiger partial charge >= 0.3 is 0 Å². The minimum atomic E-state index is 0.830. The number of hydrogen-bond acceptors (Lipinski definition) is 3. The fourth-order valence-corrected chi connectivity index (χ4v) is 4.34. The number of nitrogens with one attached hydrogen (secondary N) is 1. The Bertz CT molecular complexity index is 140. The molecule has 1 N–H and O–H groups in total. The molecule has 3 heteroatoms. The highest BCUT2D eigenvalue weighted by molar-refractivity contribution is 7.99. The van der Waals surface area contributed by atoms with Crippen molar-refractivity contribution in [3.05, 3.63) is 0 Å². The Morgan fingerprint density at radius 3 is 2.69 bits per heavy atom. The van der Waals surface area contributed by atoms with Crippen LogP contribution in [0.3, 0.4) is 0 Å². The first-order valence-corrected chi connectivity index (χ1v) is 7.65. The smallest absolute Gasteiger partial charge is 0.0166 e. The molecule has 0 aromatic carbocycles. The summed E-state index contributed by atoms with van der Waals surface area (Å²) < 4.78 is 0. The molecule has 0 aliphatic carbocycles. The molecule has 0 radical (unpaired) electrons. The van der Waals surface area contributed by atoms with Gasteiger partial charge in [0, 0.05) is 11.8 Å². The van der Waals surface area contributed by atoms with Crippen LogP contribution in [0.25, 0.3) is 0 Å². The van der Waals surface area contributed by atoms with Crippen molar-refractivity contribution < 1.29 is 0 Å². The second kappa shape index (κ2) is 5.52. The molecule has 2 rings (SSSR count). The summed E-state index contributed by atoms with van der Waals surface area (Å²) in [4.78, 5) is 0. The van der Waals surface area contributed by atoms with Crippen molar-refractivity contribution in [2.75, 3.05) is 29.6 Å². The van der Waals surface area contributed by atoms with Gasteiger partial charge in [0.2, 0.25) is 0 Å². The number of rotatable bonds is 3. The van der Waals surface area contributed by atoms with Crippen LogP contribution >= 0.6 is 23.5 Å². The van der Waals surface area contributed by atoms with Crippen LogP contribution in [0.15, 0.2) is 0 Å². The van der Waals surface area contributed by atoms with Crippen LogP contribution in [0.5, 0.6) is 0 Å². The van der Waals surface area contributed by atoms with Gasteiger partial charge in [-0.25, -0.2) is 0 Å². The van der Waals surface area contributed by atoms with E-state index in [0.29, 0.717) is 0 Å². The average molecular weight is 217 g/mol.